The molecule has 0 fully saturated rings. The van der Waals surface area contributed by atoms with Gasteiger partial charge in [0.15, 0.2) is 5.76 Å². The van der Waals surface area contributed by atoms with Crippen LogP contribution in [0.15, 0.2) is 57.8 Å². The van der Waals surface area contributed by atoms with E-state index in [-0.39, 0.29) is 5.76 Å². The van der Waals surface area contributed by atoms with Crippen molar-refractivity contribution in [1.29, 1.82) is 0 Å². The molecule has 0 spiro atoms. The van der Waals surface area contributed by atoms with Gasteiger partial charge in [-0.05, 0) is 30.3 Å². The van der Waals surface area contributed by atoms with Gasteiger partial charge in [0, 0.05) is 26.6 Å². The van der Waals surface area contributed by atoms with Crippen molar-refractivity contribution in [2.45, 2.75) is 10.6 Å². The molecule has 0 saturated carbocycles. The maximum Gasteiger partial charge on any atom is 0.154 e. The van der Waals surface area contributed by atoms with Crippen LogP contribution in [0.25, 0.3) is 11.0 Å². The molecule has 3 aromatic rings. The standard InChI is InChI=1S/C16H11ClO3S/c17-10-5-7-11(8-6-10)21-9-13-12-3-1-2-4-14(12)20-15(13)16(18)19/h1-8H,9H2,(H,18,19)/p-1. The Morgan fingerprint density at radius 2 is 1.86 bits per heavy atom. The Bertz CT molecular complexity index is 793. The van der Waals surface area contributed by atoms with Crippen molar-refractivity contribution in [3.63, 3.8) is 0 Å². The van der Waals surface area contributed by atoms with Crippen molar-refractivity contribution in [2.75, 3.05) is 0 Å². The molecule has 0 radical (unpaired) electrons. The molecule has 0 aliphatic rings. The van der Waals surface area contributed by atoms with Gasteiger partial charge in [-0.1, -0.05) is 29.8 Å². The topological polar surface area (TPSA) is 53.3 Å². The summed E-state index contributed by atoms with van der Waals surface area (Å²) in [4.78, 5) is 12.2. The van der Waals surface area contributed by atoms with Crippen molar-refractivity contribution in [3.8, 4) is 0 Å². The van der Waals surface area contributed by atoms with Crippen LogP contribution >= 0.6 is 23.4 Å². The fraction of sp³-hybridized carbons (Fsp3) is 0.0625. The molecule has 0 amide bonds. The number of hydrogen-bond donors (Lipinski definition) is 0. The van der Waals surface area contributed by atoms with Crippen molar-refractivity contribution in [1.82, 2.24) is 0 Å². The number of aromatic carboxylic acids is 1. The number of fused-ring (bicyclic) bond motifs is 1. The first-order valence-electron chi connectivity index (χ1n) is 6.25. The lowest BCUT2D eigenvalue weighted by Crippen LogP contribution is -2.22. The summed E-state index contributed by atoms with van der Waals surface area (Å²) in [6, 6.07) is 14.7. The third-order valence-electron chi connectivity index (χ3n) is 3.08. The number of rotatable bonds is 4. The molecule has 0 N–H and O–H groups in total. The lowest BCUT2D eigenvalue weighted by molar-refractivity contribution is -0.257. The molecule has 21 heavy (non-hydrogen) atoms. The van der Waals surface area contributed by atoms with E-state index in [9.17, 15) is 9.90 Å². The van der Waals surface area contributed by atoms with E-state index in [1.807, 2.05) is 24.3 Å². The number of carbonyl (C=O) groups excluding carboxylic acids is 1. The van der Waals surface area contributed by atoms with Gasteiger partial charge in [0.1, 0.15) is 11.6 Å². The number of carboxylic acid groups (broad SMARTS) is 1. The molecule has 1 heterocycles. The molecular formula is C16H10ClO3S-. The fourth-order valence-electron chi connectivity index (χ4n) is 2.09. The van der Waals surface area contributed by atoms with Crippen LogP contribution in [-0.2, 0) is 5.75 Å². The number of thioether (sulfide) groups is 1. The highest BCUT2D eigenvalue weighted by Gasteiger charge is 2.14. The molecule has 3 rings (SSSR count). The van der Waals surface area contributed by atoms with Crippen molar-refractivity contribution in [3.05, 3.63) is 64.9 Å². The minimum Gasteiger partial charge on any atom is -0.542 e. The highest BCUT2D eigenvalue weighted by molar-refractivity contribution is 7.98. The maximum atomic E-state index is 11.2. The molecular weight excluding hydrogens is 308 g/mol. The molecule has 3 nitrogen and oxygen atoms in total. The molecule has 106 valence electrons. The van der Waals surface area contributed by atoms with Gasteiger partial charge in [-0.25, -0.2) is 0 Å². The largest absolute Gasteiger partial charge is 0.542 e. The molecule has 0 bridgehead atoms. The van der Waals surface area contributed by atoms with Crippen LogP contribution in [-0.4, -0.2) is 5.97 Å². The van der Waals surface area contributed by atoms with E-state index in [1.165, 1.54) is 11.8 Å². The molecule has 0 atom stereocenters. The summed E-state index contributed by atoms with van der Waals surface area (Å²) in [5.74, 6) is -0.905. The first kappa shape index (κ1) is 14.0. The van der Waals surface area contributed by atoms with E-state index < -0.39 is 5.97 Å². The second-order valence-corrected chi connectivity index (χ2v) is 5.92. The number of carbonyl (C=O) groups is 1. The maximum absolute atomic E-state index is 11.2. The zero-order valence-electron chi connectivity index (χ0n) is 10.8. The third kappa shape index (κ3) is 2.91. The molecule has 2 aromatic carbocycles. The predicted octanol–water partition coefficient (Wildman–Crippen LogP) is 3.74. The summed E-state index contributed by atoms with van der Waals surface area (Å²) in [5, 5.41) is 12.7. The summed E-state index contributed by atoms with van der Waals surface area (Å²) < 4.78 is 5.37. The highest BCUT2D eigenvalue weighted by Crippen LogP contribution is 2.32. The molecule has 0 aliphatic carbocycles. The molecule has 5 heteroatoms. The van der Waals surface area contributed by atoms with Gasteiger partial charge < -0.3 is 14.3 Å². The number of para-hydroxylation sites is 1. The van der Waals surface area contributed by atoms with Crippen LogP contribution in [0.4, 0.5) is 0 Å². The van der Waals surface area contributed by atoms with Gasteiger partial charge in [0.05, 0.1) is 0 Å². The van der Waals surface area contributed by atoms with Crippen molar-refractivity contribution in [2.24, 2.45) is 0 Å². The Morgan fingerprint density at radius 3 is 2.57 bits per heavy atom. The predicted molar refractivity (Wildman–Crippen MR) is 81.6 cm³/mol. The van der Waals surface area contributed by atoms with Crippen LogP contribution in [0, 0.1) is 0 Å². The zero-order valence-corrected chi connectivity index (χ0v) is 12.4. The quantitative estimate of drug-likeness (QED) is 0.688. The fourth-order valence-corrected chi connectivity index (χ4v) is 3.15. The number of benzene rings is 2. The van der Waals surface area contributed by atoms with Gasteiger partial charge >= 0.3 is 0 Å². The summed E-state index contributed by atoms with van der Waals surface area (Å²) in [6.45, 7) is 0. The number of furan rings is 1. The number of hydrogen-bond acceptors (Lipinski definition) is 4. The summed E-state index contributed by atoms with van der Waals surface area (Å²) in [6.07, 6.45) is 0. The number of carboxylic acids is 1. The minimum absolute atomic E-state index is 0.0994. The van der Waals surface area contributed by atoms with E-state index in [1.54, 1.807) is 24.3 Å². The zero-order chi connectivity index (χ0) is 14.8. The number of halogens is 1. The normalized spacial score (nSPS) is 10.9. The van der Waals surface area contributed by atoms with Crippen LogP contribution < -0.4 is 5.11 Å². The van der Waals surface area contributed by atoms with Crippen LogP contribution in [0.2, 0.25) is 5.02 Å². The Hall–Kier alpha value is -1.91. The van der Waals surface area contributed by atoms with Crippen molar-refractivity contribution < 1.29 is 14.3 Å². The van der Waals surface area contributed by atoms with Crippen LogP contribution in [0.5, 0.6) is 0 Å². The van der Waals surface area contributed by atoms with Gasteiger partial charge in [-0.15, -0.1) is 11.8 Å². The lowest BCUT2D eigenvalue weighted by atomic mass is 10.1. The van der Waals surface area contributed by atoms with Gasteiger partial charge in [0.25, 0.3) is 0 Å². The lowest BCUT2D eigenvalue weighted by Gasteiger charge is -2.04. The van der Waals surface area contributed by atoms with Crippen molar-refractivity contribution >= 4 is 40.3 Å². The first-order chi connectivity index (χ1) is 10.1. The minimum atomic E-state index is -1.29. The van der Waals surface area contributed by atoms with Gasteiger partial charge in [0.2, 0.25) is 0 Å². The van der Waals surface area contributed by atoms with E-state index in [2.05, 4.69) is 0 Å². The summed E-state index contributed by atoms with van der Waals surface area (Å²) >= 11 is 7.37. The molecule has 0 aliphatic heterocycles. The Balaban J connectivity index is 1.93. The second-order valence-electron chi connectivity index (χ2n) is 4.44. The Kier molecular flexibility index (Phi) is 3.90. The second kappa shape index (κ2) is 5.84. The van der Waals surface area contributed by atoms with E-state index in [0.29, 0.717) is 21.9 Å². The van der Waals surface area contributed by atoms with Gasteiger partial charge in [-0.2, -0.15) is 0 Å². The van der Waals surface area contributed by atoms with Gasteiger partial charge in [-0.3, -0.25) is 0 Å². The Labute approximate surface area is 130 Å². The average molecular weight is 318 g/mol. The highest BCUT2D eigenvalue weighted by atomic mass is 35.5. The summed E-state index contributed by atoms with van der Waals surface area (Å²) in [5.41, 5.74) is 1.20. The van der Waals surface area contributed by atoms with E-state index >= 15 is 0 Å². The monoisotopic (exact) mass is 317 g/mol. The third-order valence-corrected chi connectivity index (χ3v) is 4.37. The molecule has 1 aromatic heterocycles. The SMILES string of the molecule is O=C([O-])c1oc2ccccc2c1CSc1ccc(Cl)cc1. The molecule has 0 unspecified atom stereocenters. The molecule has 0 saturated heterocycles. The smallest absolute Gasteiger partial charge is 0.154 e. The summed E-state index contributed by atoms with van der Waals surface area (Å²) in [7, 11) is 0. The van der Waals surface area contributed by atoms with Crippen LogP contribution in [0.3, 0.4) is 0 Å². The Morgan fingerprint density at radius 1 is 1.14 bits per heavy atom. The van der Waals surface area contributed by atoms with E-state index in [4.69, 9.17) is 16.0 Å². The first-order valence-corrected chi connectivity index (χ1v) is 7.61. The van der Waals surface area contributed by atoms with E-state index in [0.717, 1.165) is 10.3 Å². The average Bonchev–Trinajstić information content (AvgIpc) is 2.86. The van der Waals surface area contributed by atoms with Crippen LogP contribution in [0.1, 0.15) is 16.1 Å².